The Balaban J connectivity index is 2.00. The zero-order valence-corrected chi connectivity index (χ0v) is 15.6. The zero-order valence-electron chi connectivity index (χ0n) is 15.6. The van der Waals surface area contributed by atoms with Gasteiger partial charge < -0.3 is 4.40 Å². The van der Waals surface area contributed by atoms with Gasteiger partial charge in [0.2, 0.25) is 0 Å². The van der Waals surface area contributed by atoms with Crippen LogP contribution in [0.15, 0.2) is 97.3 Å². The lowest BCUT2D eigenvalue weighted by Gasteiger charge is -2.15. The van der Waals surface area contributed by atoms with Crippen LogP contribution < -0.4 is 0 Å². The fourth-order valence-corrected chi connectivity index (χ4v) is 5.02. The maximum Gasteiger partial charge on any atom is 0.0955 e. The van der Waals surface area contributed by atoms with Crippen LogP contribution >= 0.6 is 0 Å². The number of hydrogen-bond acceptors (Lipinski definition) is 1. The van der Waals surface area contributed by atoms with E-state index in [0.29, 0.717) is 0 Å². The Morgan fingerprint density at radius 3 is 1.93 bits per heavy atom. The highest BCUT2D eigenvalue weighted by atomic mass is 14.9. The SMILES string of the molecule is c1ccc2c(c1)cn1c3cccnc3c3c4ccccc4c4ccccc4c3c21. The Labute approximate surface area is 166 Å². The van der Waals surface area contributed by atoms with Crippen molar-refractivity contribution in [3.8, 4) is 0 Å². The molecule has 2 nitrogen and oxygen atoms in total. The van der Waals surface area contributed by atoms with E-state index >= 15 is 0 Å². The van der Waals surface area contributed by atoms with Gasteiger partial charge in [0.1, 0.15) is 0 Å². The summed E-state index contributed by atoms with van der Waals surface area (Å²) in [6.45, 7) is 0. The molecule has 7 aromatic rings. The van der Waals surface area contributed by atoms with E-state index in [1.165, 1.54) is 48.6 Å². The van der Waals surface area contributed by atoms with Gasteiger partial charge in [-0.1, -0.05) is 72.8 Å². The second-order valence-electron chi connectivity index (χ2n) is 7.65. The van der Waals surface area contributed by atoms with E-state index in [2.05, 4.69) is 89.5 Å². The lowest BCUT2D eigenvalue weighted by molar-refractivity contribution is 1.27. The number of benzene rings is 4. The molecule has 134 valence electrons. The van der Waals surface area contributed by atoms with Crippen LogP contribution in [0.25, 0.3) is 59.6 Å². The molecule has 0 aliphatic heterocycles. The molecule has 2 heteroatoms. The molecule has 3 aromatic heterocycles. The minimum Gasteiger partial charge on any atom is -0.313 e. The summed E-state index contributed by atoms with van der Waals surface area (Å²) in [5, 5.41) is 10.2. The smallest absolute Gasteiger partial charge is 0.0955 e. The second kappa shape index (κ2) is 5.33. The summed E-state index contributed by atoms with van der Waals surface area (Å²) in [4.78, 5) is 4.87. The van der Waals surface area contributed by atoms with Gasteiger partial charge in [-0.2, -0.15) is 0 Å². The number of rotatable bonds is 0. The molecule has 0 amide bonds. The molecule has 0 bridgehead atoms. The van der Waals surface area contributed by atoms with Crippen LogP contribution in [-0.4, -0.2) is 9.38 Å². The second-order valence-corrected chi connectivity index (χ2v) is 7.65. The fourth-order valence-electron chi connectivity index (χ4n) is 5.02. The van der Waals surface area contributed by atoms with Crippen LogP contribution in [0.4, 0.5) is 0 Å². The summed E-state index contributed by atoms with van der Waals surface area (Å²) in [6.07, 6.45) is 4.15. The number of hydrogen-bond donors (Lipinski definition) is 0. The molecule has 0 spiro atoms. The summed E-state index contributed by atoms with van der Waals surface area (Å²) < 4.78 is 2.33. The molecule has 0 saturated heterocycles. The minimum absolute atomic E-state index is 1.05. The van der Waals surface area contributed by atoms with Gasteiger partial charge in [0.05, 0.1) is 16.6 Å². The van der Waals surface area contributed by atoms with Crippen molar-refractivity contribution >= 4 is 59.6 Å². The van der Waals surface area contributed by atoms with E-state index in [9.17, 15) is 0 Å². The van der Waals surface area contributed by atoms with Crippen molar-refractivity contribution in [1.29, 1.82) is 0 Å². The standard InChI is InChI=1S/C27H16N2/c1-2-9-18-17(8-1)16-29-23-14-7-15-28-26(23)24-21-12-5-3-10-19(21)20-11-4-6-13-22(20)25(24)27(18)29/h1-16H. The lowest BCUT2D eigenvalue weighted by Crippen LogP contribution is -1.93. The van der Waals surface area contributed by atoms with E-state index in [1.807, 2.05) is 12.3 Å². The number of pyridine rings is 2. The molecule has 0 unspecified atom stereocenters. The van der Waals surface area contributed by atoms with Crippen LogP contribution in [-0.2, 0) is 0 Å². The average molecular weight is 368 g/mol. The molecule has 0 aliphatic carbocycles. The highest BCUT2D eigenvalue weighted by molar-refractivity contribution is 6.36. The maximum atomic E-state index is 4.87. The highest BCUT2D eigenvalue weighted by Gasteiger charge is 2.18. The van der Waals surface area contributed by atoms with Crippen LogP contribution in [0.2, 0.25) is 0 Å². The molecule has 0 N–H and O–H groups in total. The van der Waals surface area contributed by atoms with Crippen molar-refractivity contribution in [1.82, 2.24) is 9.38 Å². The Morgan fingerprint density at radius 1 is 0.552 bits per heavy atom. The number of fused-ring (bicyclic) bond motifs is 13. The highest BCUT2D eigenvalue weighted by Crippen LogP contribution is 2.42. The first-order valence-corrected chi connectivity index (χ1v) is 9.91. The van der Waals surface area contributed by atoms with E-state index in [-0.39, 0.29) is 0 Å². The van der Waals surface area contributed by atoms with Gasteiger partial charge >= 0.3 is 0 Å². The first-order chi connectivity index (χ1) is 14.4. The summed E-state index contributed by atoms with van der Waals surface area (Å²) in [5.41, 5.74) is 3.46. The maximum absolute atomic E-state index is 4.87. The summed E-state index contributed by atoms with van der Waals surface area (Å²) in [6, 6.07) is 30.4. The van der Waals surface area contributed by atoms with E-state index in [1.54, 1.807) is 0 Å². The fraction of sp³-hybridized carbons (Fsp3) is 0. The van der Waals surface area contributed by atoms with Gasteiger partial charge in [-0.3, -0.25) is 4.98 Å². The molecule has 29 heavy (non-hydrogen) atoms. The quantitative estimate of drug-likeness (QED) is 0.261. The molecule has 0 fully saturated rings. The molecule has 7 rings (SSSR count). The Hall–Kier alpha value is -3.91. The largest absolute Gasteiger partial charge is 0.313 e. The molecular weight excluding hydrogens is 352 g/mol. The summed E-state index contributed by atoms with van der Waals surface area (Å²) in [5.74, 6) is 0. The molecule has 3 heterocycles. The number of aromatic nitrogens is 2. The molecule has 4 aromatic carbocycles. The Kier molecular flexibility index (Phi) is 2.77. The van der Waals surface area contributed by atoms with E-state index < -0.39 is 0 Å². The van der Waals surface area contributed by atoms with E-state index in [4.69, 9.17) is 4.98 Å². The van der Waals surface area contributed by atoms with Crippen molar-refractivity contribution in [3.05, 3.63) is 97.3 Å². The normalized spacial score (nSPS) is 12.1. The molecular formula is C27H16N2. The molecule has 0 radical (unpaired) electrons. The van der Waals surface area contributed by atoms with Gasteiger partial charge in [-0.15, -0.1) is 0 Å². The van der Waals surface area contributed by atoms with Crippen LogP contribution in [0, 0.1) is 0 Å². The number of nitrogens with zero attached hydrogens (tertiary/aromatic N) is 2. The van der Waals surface area contributed by atoms with Crippen molar-refractivity contribution in [2.45, 2.75) is 0 Å². The lowest BCUT2D eigenvalue weighted by atomic mass is 9.93. The van der Waals surface area contributed by atoms with Gasteiger partial charge in [0.25, 0.3) is 0 Å². The minimum atomic E-state index is 1.05. The molecule has 0 aliphatic rings. The summed E-state index contributed by atoms with van der Waals surface area (Å²) in [7, 11) is 0. The van der Waals surface area contributed by atoms with Crippen LogP contribution in [0.1, 0.15) is 0 Å². The third-order valence-electron chi connectivity index (χ3n) is 6.18. The first-order valence-electron chi connectivity index (χ1n) is 9.91. The van der Waals surface area contributed by atoms with E-state index in [0.717, 1.165) is 11.0 Å². The van der Waals surface area contributed by atoms with Crippen molar-refractivity contribution in [2.75, 3.05) is 0 Å². The van der Waals surface area contributed by atoms with Crippen LogP contribution in [0.5, 0.6) is 0 Å². The van der Waals surface area contributed by atoms with Gasteiger partial charge in [-0.25, -0.2) is 0 Å². The van der Waals surface area contributed by atoms with Crippen molar-refractivity contribution in [3.63, 3.8) is 0 Å². The molecule has 0 saturated carbocycles. The topological polar surface area (TPSA) is 17.3 Å². The molecule has 0 atom stereocenters. The zero-order chi connectivity index (χ0) is 18.9. The third-order valence-corrected chi connectivity index (χ3v) is 6.18. The predicted octanol–water partition coefficient (Wildman–Crippen LogP) is 7.10. The first kappa shape index (κ1) is 15.1. The van der Waals surface area contributed by atoms with Gasteiger partial charge in [0, 0.05) is 33.9 Å². The van der Waals surface area contributed by atoms with Gasteiger partial charge in [0.15, 0.2) is 0 Å². The van der Waals surface area contributed by atoms with Gasteiger partial charge in [-0.05, 0) is 33.7 Å². The predicted molar refractivity (Wildman–Crippen MR) is 123 cm³/mol. The third kappa shape index (κ3) is 1.83. The monoisotopic (exact) mass is 368 g/mol. The summed E-state index contributed by atoms with van der Waals surface area (Å²) >= 11 is 0. The Bertz CT molecular complexity index is 1760. The van der Waals surface area contributed by atoms with Crippen LogP contribution in [0.3, 0.4) is 0 Å². The Morgan fingerprint density at radius 2 is 1.17 bits per heavy atom. The average Bonchev–Trinajstić information content (AvgIpc) is 3.19. The van der Waals surface area contributed by atoms with Crippen molar-refractivity contribution < 1.29 is 0 Å². The van der Waals surface area contributed by atoms with Crippen molar-refractivity contribution in [2.24, 2.45) is 0 Å².